The first-order valence-corrected chi connectivity index (χ1v) is 17.7. The van der Waals surface area contributed by atoms with E-state index in [1.807, 2.05) is 40.0 Å². The highest BCUT2D eigenvalue weighted by Gasteiger charge is 2.24. The van der Waals surface area contributed by atoms with Crippen molar-refractivity contribution in [2.24, 2.45) is 5.92 Å². The van der Waals surface area contributed by atoms with E-state index in [-0.39, 0.29) is 24.1 Å². The van der Waals surface area contributed by atoms with E-state index < -0.39 is 0 Å². The third-order valence-electron chi connectivity index (χ3n) is 9.30. The van der Waals surface area contributed by atoms with Gasteiger partial charge in [-0.3, -0.25) is 19.5 Å². The number of carbonyl (C=O) groups is 3. The number of nitrogens with zero attached hydrogens (tertiary/aromatic N) is 10. The maximum absolute atomic E-state index is 10.9. The predicted octanol–water partition coefficient (Wildman–Crippen LogP) is 0.864. The van der Waals surface area contributed by atoms with Crippen LogP contribution >= 0.6 is 0 Å². The van der Waals surface area contributed by atoms with Gasteiger partial charge < -0.3 is 39.0 Å². The number of urea groups is 1. The SMILES string of the molecule is CC1CCN(C)CC1.CC1CN(C)C(=O)O1.CN1CCN(C)C(=O)C1.CN1CCN(C)C1.CN1CCN(C)C1=O.CN1CCN(C)CC1. The fraction of sp³-hybridized carbons (Fsp3) is 0.912. The third kappa shape index (κ3) is 19.1. The molecule has 48 heavy (non-hydrogen) atoms. The number of carbonyl (C=O) groups excluding carboxylic acids is 3. The van der Waals surface area contributed by atoms with Crippen molar-refractivity contribution in [3.8, 4) is 0 Å². The Kier molecular flexibility index (Phi) is 21.2. The first kappa shape index (κ1) is 43.8. The molecule has 14 nitrogen and oxygen atoms in total. The normalized spacial score (nSPS) is 25.1. The summed E-state index contributed by atoms with van der Waals surface area (Å²) in [6.45, 7) is 20.3. The van der Waals surface area contributed by atoms with Gasteiger partial charge in [-0.25, -0.2) is 9.59 Å². The molecule has 0 aromatic rings. The summed E-state index contributed by atoms with van der Waals surface area (Å²) in [7, 11) is 20.0. The molecule has 6 aliphatic rings. The van der Waals surface area contributed by atoms with Crippen LogP contribution in [0.3, 0.4) is 0 Å². The summed E-state index contributed by atoms with van der Waals surface area (Å²) in [6, 6.07) is 0.130. The molecular formula is C34H72N10O4. The number of hydrogen-bond donors (Lipinski definition) is 0. The predicted molar refractivity (Wildman–Crippen MR) is 195 cm³/mol. The Morgan fingerprint density at radius 2 is 0.875 bits per heavy atom. The molecule has 6 heterocycles. The lowest BCUT2D eigenvalue weighted by Gasteiger charge is -2.28. The summed E-state index contributed by atoms with van der Waals surface area (Å²) in [5, 5.41) is 0. The number of likely N-dealkylation sites (N-methyl/N-ethyl adjacent to an activating group) is 9. The molecule has 1 unspecified atom stereocenters. The lowest BCUT2D eigenvalue weighted by Crippen LogP contribution is -2.46. The van der Waals surface area contributed by atoms with Crippen LogP contribution in [0.15, 0.2) is 0 Å². The zero-order chi connectivity index (χ0) is 36.4. The van der Waals surface area contributed by atoms with Crippen molar-refractivity contribution in [2.75, 3.05) is 169 Å². The van der Waals surface area contributed by atoms with Crippen LogP contribution in [-0.2, 0) is 9.53 Å². The maximum atomic E-state index is 10.9. The standard InChI is InChI=1S/C7H15N.C6H12N2O.C6H14N2.C5H10N2O.C5H12N2.C5H9NO2/c1-7-3-5-8(2)6-4-7;1-7-3-4-8(2)6(9)5-7;1-7-3-5-8(2)6-4-7;1-6-3-4-7(2)5(6)8;1-6-3-4-7(2)5-6;1-4-3-6(2)5(7)8-4/h7H,3-6H2,1-2H3;3-5H2,1-2H3;3-6H2,1-2H3;3-4H2,1-2H3;3-5H2,1-2H3;4H,3H2,1-2H3. The number of hydrogen-bond acceptors (Lipinski definition) is 10. The van der Waals surface area contributed by atoms with Crippen LogP contribution in [-0.4, -0.2) is 242 Å². The highest BCUT2D eigenvalue weighted by atomic mass is 16.6. The second-order valence-corrected chi connectivity index (χ2v) is 14.6. The van der Waals surface area contributed by atoms with Gasteiger partial charge in [0.1, 0.15) is 6.10 Å². The topological polar surface area (TPSA) is 92.8 Å². The number of ether oxygens (including phenoxy) is 1. The molecule has 0 aliphatic carbocycles. The second-order valence-electron chi connectivity index (χ2n) is 14.6. The first-order chi connectivity index (χ1) is 22.5. The largest absolute Gasteiger partial charge is 0.445 e. The summed E-state index contributed by atoms with van der Waals surface area (Å²) >= 11 is 0. The molecule has 6 rings (SSSR count). The molecule has 0 N–H and O–H groups in total. The second kappa shape index (κ2) is 23.2. The van der Waals surface area contributed by atoms with E-state index in [0.29, 0.717) is 6.54 Å². The average molecular weight is 685 g/mol. The lowest BCUT2D eigenvalue weighted by molar-refractivity contribution is -0.133. The summed E-state index contributed by atoms with van der Waals surface area (Å²) in [5.41, 5.74) is 0. The Hall–Kier alpha value is -2.23. The van der Waals surface area contributed by atoms with E-state index in [4.69, 9.17) is 4.74 Å². The van der Waals surface area contributed by atoms with E-state index in [0.717, 1.165) is 45.3 Å². The zero-order valence-corrected chi connectivity index (χ0v) is 32.8. The third-order valence-corrected chi connectivity index (χ3v) is 9.30. The number of piperazine rings is 2. The van der Waals surface area contributed by atoms with E-state index in [1.54, 1.807) is 26.6 Å². The monoisotopic (exact) mass is 685 g/mol. The molecular weight excluding hydrogens is 612 g/mol. The van der Waals surface area contributed by atoms with E-state index in [9.17, 15) is 14.4 Å². The molecule has 0 radical (unpaired) electrons. The number of rotatable bonds is 0. The molecule has 0 spiro atoms. The van der Waals surface area contributed by atoms with Gasteiger partial charge in [0, 0.05) is 93.6 Å². The van der Waals surface area contributed by atoms with E-state index in [2.05, 4.69) is 66.7 Å². The summed E-state index contributed by atoms with van der Waals surface area (Å²) in [6.07, 6.45) is 2.66. The van der Waals surface area contributed by atoms with E-state index in [1.165, 1.54) is 65.2 Å². The smallest absolute Gasteiger partial charge is 0.409 e. The van der Waals surface area contributed by atoms with Gasteiger partial charge in [-0.15, -0.1) is 0 Å². The van der Waals surface area contributed by atoms with Gasteiger partial charge in [0.15, 0.2) is 0 Å². The van der Waals surface area contributed by atoms with Crippen LogP contribution < -0.4 is 0 Å². The lowest BCUT2D eigenvalue weighted by atomic mass is 10.00. The van der Waals surface area contributed by atoms with Gasteiger partial charge in [0.25, 0.3) is 0 Å². The molecule has 282 valence electrons. The van der Waals surface area contributed by atoms with Crippen molar-refractivity contribution in [3.63, 3.8) is 0 Å². The van der Waals surface area contributed by atoms with Crippen molar-refractivity contribution < 1.29 is 19.1 Å². The van der Waals surface area contributed by atoms with Crippen molar-refractivity contribution in [2.45, 2.75) is 32.8 Å². The van der Waals surface area contributed by atoms with Crippen molar-refractivity contribution in [1.82, 2.24) is 49.0 Å². The van der Waals surface area contributed by atoms with Gasteiger partial charge in [-0.05, 0) is 81.1 Å². The van der Waals surface area contributed by atoms with Crippen LogP contribution in [0.25, 0.3) is 0 Å². The van der Waals surface area contributed by atoms with Crippen LogP contribution in [0.1, 0.15) is 26.7 Å². The van der Waals surface area contributed by atoms with Crippen LogP contribution in [0, 0.1) is 5.92 Å². The fourth-order valence-electron chi connectivity index (χ4n) is 5.36. The van der Waals surface area contributed by atoms with Gasteiger partial charge in [-0.2, -0.15) is 0 Å². The first-order valence-electron chi connectivity index (χ1n) is 17.7. The van der Waals surface area contributed by atoms with Crippen LogP contribution in [0.4, 0.5) is 9.59 Å². The summed E-state index contributed by atoms with van der Waals surface area (Å²) in [4.78, 5) is 52.6. The Morgan fingerprint density at radius 1 is 0.479 bits per heavy atom. The highest BCUT2D eigenvalue weighted by molar-refractivity contribution is 5.78. The summed E-state index contributed by atoms with van der Waals surface area (Å²) in [5.74, 6) is 1.20. The number of cyclic esters (lactones) is 1. The van der Waals surface area contributed by atoms with Crippen molar-refractivity contribution in [1.29, 1.82) is 0 Å². The van der Waals surface area contributed by atoms with Crippen LogP contribution in [0.2, 0.25) is 0 Å². The molecule has 6 fully saturated rings. The minimum absolute atomic E-state index is 0.0764. The van der Waals surface area contributed by atoms with E-state index >= 15 is 0 Å². The number of likely N-dealkylation sites (tertiary alicyclic amines) is 1. The molecule has 6 saturated heterocycles. The average Bonchev–Trinajstić information content (AvgIpc) is 3.67. The number of amides is 4. The van der Waals surface area contributed by atoms with Gasteiger partial charge in [0.2, 0.25) is 5.91 Å². The molecule has 6 aliphatic heterocycles. The van der Waals surface area contributed by atoms with Gasteiger partial charge in [0.05, 0.1) is 19.8 Å². The van der Waals surface area contributed by atoms with Gasteiger partial charge in [-0.1, -0.05) is 6.92 Å². The maximum Gasteiger partial charge on any atom is 0.409 e. The minimum Gasteiger partial charge on any atom is -0.445 e. The Balaban J connectivity index is 0.000000288. The Morgan fingerprint density at radius 3 is 1.12 bits per heavy atom. The van der Waals surface area contributed by atoms with Crippen molar-refractivity contribution in [3.05, 3.63) is 0 Å². The molecule has 14 heteroatoms. The quantitative estimate of drug-likeness (QED) is 0.366. The molecule has 0 aromatic heterocycles. The van der Waals surface area contributed by atoms with Gasteiger partial charge >= 0.3 is 12.1 Å². The Labute approximate surface area is 293 Å². The molecule has 4 amide bonds. The molecule has 0 aromatic carbocycles. The molecule has 0 bridgehead atoms. The molecule has 1 atom stereocenters. The fourth-order valence-corrected chi connectivity index (χ4v) is 5.36. The Bertz CT molecular complexity index is 854. The minimum atomic E-state index is -0.211. The number of piperidine rings is 1. The zero-order valence-electron chi connectivity index (χ0n) is 32.8. The highest BCUT2D eigenvalue weighted by Crippen LogP contribution is 2.13. The summed E-state index contributed by atoms with van der Waals surface area (Å²) < 4.78 is 4.76. The van der Waals surface area contributed by atoms with Crippen molar-refractivity contribution >= 4 is 18.0 Å². The molecule has 0 saturated carbocycles. The van der Waals surface area contributed by atoms with Crippen LogP contribution in [0.5, 0.6) is 0 Å².